The Labute approximate surface area is 179 Å². The molecule has 2 aromatic carbocycles. The lowest BCUT2D eigenvalue weighted by molar-refractivity contribution is 0.728. The molecular formula is C28H38Si. The number of hydrogen-bond donors (Lipinski definition) is 0. The highest BCUT2D eigenvalue weighted by Crippen LogP contribution is 2.53. The third-order valence-corrected chi connectivity index (χ3v) is 12.9. The minimum absolute atomic E-state index is 0.916. The van der Waals surface area contributed by atoms with Gasteiger partial charge < -0.3 is 0 Å². The van der Waals surface area contributed by atoms with Crippen LogP contribution in [0.25, 0.3) is 0 Å². The van der Waals surface area contributed by atoms with E-state index in [0.717, 1.165) is 35.1 Å². The molecule has 154 valence electrons. The SMILES string of the molecule is C[C@H]1C[C@@H]1Cc1cc(C[C@H]2C[C@@H]2C)cc(C[C@H]2C[C@@H]2[Si](C)(C)c2ccccc2)c1. The first-order chi connectivity index (χ1) is 13.9. The maximum absolute atomic E-state index is 2.60. The van der Waals surface area contributed by atoms with Gasteiger partial charge in [0.1, 0.15) is 0 Å². The molecule has 3 fully saturated rings. The van der Waals surface area contributed by atoms with Crippen LogP contribution in [-0.2, 0) is 19.3 Å². The number of hydrogen-bond acceptors (Lipinski definition) is 0. The molecule has 0 amide bonds. The third-order valence-electron chi connectivity index (χ3n) is 8.53. The van der Waals surface area contributed by atoms with Gasteiger partial charge in [-0.2, -0.15) is 0 Å². The molecule has 3 saturated carbocycles. The summed E-state index contributed by atoms with van der Waals surface area (Å²) in [6, 6.07) is 19.1. The van der Waals surface area contributed by atoms with Crippen LogP contribution < -0.4 is 5.19 Å². The highest BCUT2D eigenvalue weighted by molar-refractivity contribution is 6.91. The van der Waals surface area contributed by atoms with Crippen LogP contribution >= 0.6 is 0 Å². The van der Waals surface area contributed by atoms with E-state index in [2.05, 4.69) is 75.5 Å². The highest BCUT2D eigenvalue weighted by Gasteiger charge is 2.49. The Bertz CT molecular complexity index is 831. The maximum Gasteiger partial charge on any atom is 0.0839 e. The normalized spacial score (nSPS) is 32.8. The molecule has 5 rings (SSSR count). The molecule has 2 aromatic rings. The standard InChI is InChI=1S/C28H38Si/c1-19-10-24(19)15-21-12-22(16-25-11-20(25)2)14-23(13-21)17-26-18-28(26)29(3,4)27-8-6-5-7-9-27/h5-9,12-14,19-20,24-26,28H,10-11,15-18H2,1-4H3/t19-,20-,24+,25+,26-,28-/m0/s1. The Kier molecular flexibility index (Phi) is 5.01. The van der Waals surface area contributed by atoms with E-state index in [1.807, 2.05) is 0 Å². The Morgan fingerprint density at radius 2 is 1.14 bits per heavy atom. The lowest BCUT2D eigenvalue weighted by atomic mass is 9.96. The Hall–Kier alpha value is -1.34. The summed E-state index contributed by atoms with van der Waals surface area (Å²) in [7, 11) is -1.34. The topological polar surface area (TPSA) is 0 Å². The lowest BCUT2D eigenvalue weighted by Gasteiger charge is -2.23. The minimum Gasteiger partial charge on any atom is -0.0652 e. The first-order valence-corrected chi connectivity index (χ1v) is 15.1. The van der Waals surface area contributed by atoms with E-state index in [1.165, 1.54) is 38.5 Å². The zero-order valence-electron chi connectivity index (χ0n) is 18.8. The molecule has 0 aliphatic heterocycles. The average molecular weight is 403 g/mol. The minimum atomic E-state index is -1.34. The second-order valence-electron chi connectivity index (χ2n) is 11.4. The fourth-order valence-corrected chi connectivity index (χ4v) is 9.58. The quantitative estimate of drug-likeness (QED) is 0.435. The molecule has 0 spiro atoms. The summed E-state index contributed by atoms with van der Waals surface area (Å²) >= 11 is 0. The molecule has 3 aliphatic rings. The molecule has 1 heteroatoms. The molecule has 0 aromatic heterocycles. The summed E-state index contributed by atoms with van der Waals surface area (Å²) in [6.07, 6.45) is 8.30. The molecule has 0 saturated heterocycles. The summed E-state index contributed by atoms with van der Waals surface area (Å²) < 4.78 is 0. The largest absolute Gasteiger partial charge is 0.0839 e. The van der Waals surface area contributed by atoms with E-state index >= 15 is 0 Å². The van der Waals surface area contributed by atoms with E-state index in [4.69, 9.17) is 0 Å². The van der Waals surface area contributed by atoms with Gasteiger partial charge in [-0.3, -0.25) is 0 Å². The van der Waals surface area contributed by atoms with E-state index in [9.17, 15) is 0 Å². The maximum atomic E-state index is 2.60. The van der Waals surface area contributed by atoms with Crippen molar-refractivity contribution < 1.29 is 0 Å². The van der Waals surface area contributed by atoms with Crippen molar-refractivity contribution in [3.63, 3.8) is 0 Å². The van der Waals surface area contributed by atoms with E-state index in [1.54, 1.807) is 21.9 Å². The fraction of sp³-hybridized carbons (Fsp3) is 0.571. The Balaban J connectivity index is 1.30. The van der Waals surface area contributed by atoms with Crippen LogP contribution in [0.2, 0.25) is 18.6 Å². The predicted molar refractivity (Wildman–Crippen MR) is 128 cm³/mol. The highest BCUT2D eigenvalue weighted by atomic mass is 28.3. The van der Waals surface area contributed by atoms with Crippen molar-refractivity contribution in [3.8, 4) is 0 Å². The van der Waals surface area contributed by atoms with Gasteiger partial charge in [-0.05, 0) is 90.3 Å². The van der Waals surface area contributed by atoms with Gasteiger partial charge in [-0.1, -0.05) is 80.7 Å². The van der Waals surface area contributed by atoms with Crippen molar-refractivity contribution in [2.24, 2.45) is 29.6 Å². The molecular weight excluding hydrogens is 364 g/mol. The first-order valence-electron chi connectivity index (χ1n) is 12.1. The number of rotatable bonds is 8. The van der Waals surface area contributed by atoms with E-state index in [0.29, 0.717) is 0 Å². The van der Waals surface area contributed by atoms with Gasteiger partial charge in [0.15, 0.2) is 0 Å². The van der Waals surface area contributed by atoms with Gasteiger partial charge >= 0.3 is 0 Å². The zero-order chi connectivity index (χ0) is 20.2. The molecule has 0 unspecified atom stereocenters. The molecule has 0 nitrogen and oxygen atoms in total. The van der Waals surface area contributed by atoms with E-state index < -0.39 is 8.07 Å². The molecule has 0 N–H and O–H groups in total. The molecule has 0 bridgehead atoms. The molecule has 6 atom stereocenters. The monoisotopic (exact) mass is 402 g/mol. The van der Waals surface area contributed by atoms with Crippen LogP contribution in [-0.4, -0.2) is 8.07 Å². The van der Waals surface area contributed by atoms with Crippen LogP contribution in [0, 0.1) is 29.6 Å². The molecule has 3 aliphatic carbocycles. The Morgan fingerprint density at radius 3 is 1.59 bits per heavy atom. The van der Waals surface area contributed by atoms with Crippen LogP contribution in [0.5, 0.6) is 0 Å². The van der Waals surface area contributed by atoms with Gasteiger partial charge in [-0.25, -0.2) is 0 Å². The van der Waals surface area contributed by atoms with Crippen LogP contribution in [0.3, 0.4) is 0 Å². The summed E-state index contributed by atoms with van der Waals surface area (Å²) in [6.45, 7) is 10.0. The van der Waals surface area contributed by atoms with Crippen LogP contribution in [0.15, 0.2) is 48.5 Å². The van der Waals surface area contributed by atoms with Crippen molar-refractivity contribution in [2.75, 3.05) is 0 Å². The summed E-state index contributed by atoms with van der Waals surface area (Å²) in [5.41, 5.74) is 5.88. The number of benzene rings is 2. The van der Waals surface area contributed by atoms with Crippen molar-refractivity contribution in [2.45, 2.75) is 71.0 Å². The van der Waals surface area contributed by atoms with Crippen LogP contribution in [0.4, 0.5) is 0 Å². The van der Waals surface area contributed by atoms with Gasteiger partial charge in [-0.15, -0.1) is 0 Å². The van der Waals surface area contributed by atoms with E-state index in [-0.39, 0.29) is 0 Å². The predicted octanol–water partition coefficient (Wildman–Crippen LogP) is 6.63. The van der Waals surface area contributed by atoms with Gasteiger partial charge in [0, 0.05) is 0 Å². The molecule has 0 heterocycles. The Morgan fingerprint density at radius 1 is 0.690 bits per heavy atom. The van der Waals surface area contributed by atoms with Gasteiger partial charge in [0.2, 0.25) is 0 Å². The lowest BCUT2D eigenvalue weighted by Crippen LogP contribution is -2.42. The van der Waals surface area contributed by atoms with Crippen molar-refractivity contribution in [1.29, 1.82) is 0 Å². The van der Waals surface area contributed by atoms with Crippen molar-refractivity contribution >= 4 is 13.3 Å². The molecule has 0 radical (unpaired) electrons. The van der Waals surface area contributed by atoms with Gasteiger partial charge in [0.25, 0.3) is 0 Å². The van der Waals surface area contributed by atoms with Crippen molar-refractivity contribution in [3.05, 3.63) is 65.2 Å². The third kappa shape index (κ3) is 4.40. The first kappa shape index (κ1) is 19.6. The summed E-state index contributed by atoms with van der Waals surface area (Å²) in [5, 5.41) is 1.65. The smallest absolute Gasteiger partial charge is 0.0652 e. The summed E-state index contributed by atoms with van der Waals surface area (Å²) in [4.78, 5) is 0. The second kappa shape index (κ2) is 7.41. The van der Waals surface area contributed by atoms with Gasteiger partial charge in [0.05, 0.1) is 8.07 Å². The zero-order valence-corrected chi connectivity index (χ0v) is 19.8. The second-order valence-corrected chi connectivity index (χ2v) is 16.2. The van der Waals surface area contributed by atoms with Crippen LogP contribution in [0.1, 0.15) is 49.8 Å². The molecule has 29 heavy (non-hydrogen) atoms. The summed E-state index contributed by atoms with van der Waals surface area (Å²) in [5.74, 6) is 4.74. The fourth-order valence-electron chi connectivity index (χ4n) is 5.91. The average Bonchev–Trinajstić information content (AvgIpc) is 3.62. The van der Waals surface area contributed by atoms with Crippen molar-refractivity contribution in [1.82, 2.24) is 0 Å².